The van der Waals surface area contributed by atoms with Crippen LogP contribution < -0.4 is 5.32 Å². The Balaban J connectivity index is 2.16. The number of halogens is 1. The van der Waals surface area contributed by atoms with Gasteiger partial charge in [-0.1, -0.05) is 18.2 Å². The fourth-order valence-corrected chi connectivity index (χ4v) is 4.17. The number of rotatable bonds is 3. The number of nitrogens with one attached hydrogen (secondary N) is 1. The number of aryl methyl sites for hydroxylation is 1. The second kappa shape index (κ2) is 5.64. The van der Waals surface area contributed by atoms with E-state index in [1.807, 2.05) is 19.4 Å². The maximum atomic E-state index is 4.27. The maximum Gasteiger partial charge on any atom is 0.0731 e. The second-order valence-electron chi connectivity index (χ2n) is 4.77. The van der Waals surface area contributed by atoms with Crippen LogP contribution in [0, 0.1) is 6.92 Å². The summed E-state index contributed by atoms with van der Waals surface area (Å²) in [5, 5.41) is 5.86. The molecule has 0 radical (unpaired) electrons. The van der Waals surface area contributed by atoms with Crippen LogP contribution in [0.5, 0.6) is 0 Å². The highest BCUT2D eigenvalue weighted by molar-refractivity contribution is 9.11. The number of pyridine rings is 1. The van der Waals surface area contributed by atoms with E-state index in [2.05, 4.69) is 63.5 Å². The molecule has 0 bridgehead atoms. The van der Waals surface area contributed by atoms with Gasteiger partial charge < -0.3 is 5.32 Å². The lowest BCUT2D eigenvalue weighted by Gasteiger charge is -2.17. The normalized spacial score (nSPS) is 12.8. The van der Waals surface area contributed by atoms with Crippen LogP contribution in [0.15, 0.2) is 46.5 Å². The Morgan fingerprint density at radius 1 is 1.30 bits per heavy atom. The number of fused-ring (bicyclic) bond motifs is 1. The highest BCUT2D eigenvalue weighted by Gasteiger charge is 2.17. The van der Waals surface area contributed by atoms with Gasteiger partial charge in [-0.05, 0) is 58.5 Å². The number of aromatic nitrogens is 1. The molecule has 0 aliphatic carbocycles. The summed E-state index contributed by atoms with van der Waals surface area (Å²) in [4.78, 5) is 5.59. The molecule has 2 heterocycles. The van der Waals surface area contributed by atoms with Crippen LogP contribution >= 0.6 is 27.3 Å². The van der Waals surface area contributed by atoms with Crippen LogP contribution in [0.1, 0.15) is 22.0 Å². The summed E-state index contributed by atoms with van der Waals surface area (Å²) in [6.45, 7) is 2.13. The summed E-state index contributed by atoms with van der Waals surface area (Å²) in [7, 11) is 2.00. The quantitative estimate of drug-likeness (QED) is 0.744. The first-order chi connectivity index (χ1) is 9.70. The van der Waals surface area contributed by atoms with Crippen LogP contribution in [0.2, 0.25) is 0 Å². The molecule has 20 heavy (non-hydrogen) atoms. The van der Waals surface area contributed by atoms with E-state index in [9.17, 15) is 0 Å². The number of hydrogen-bond donors (Lipinski definition) is 1. The molecule has 0 spiro atoms. The summed E-state index contributed by atoms with van der Waals surface area (Å²) in [5.74, 6) is 0. The minimum Gasteiger partial charge on any atom is -0.309 e. The van der Waals surface area contributed by atoms with Crippen molar-refractivity contribution in [3.05, 3.63) is 62.5 Å². The third-order valence-electron chi connectivity index (χ3n) is 3.48. The number of hydrogen-bond acceptors (Lipinski definition) is 3. The SMILES string of the molecule is CNC(c1cc(C)c(Br)s1)c1cccc2ccncc12. The van der Waals surface area contributed by atoms with Gasteiger partial charge in [0.2, 0.25) is 0 Å². The third-order valence-corrected chi connectivity index (χ3v) is 5.68. The molecule has 0 aliphatic rings. The van der Waals surface area contributed by atoms with E-state index in [1.54, 1.807) is 11.3 Å². The van der Waals surface area contributed by atoms with Crippen LogP contribution in [-0.4, -0.2) is 12.0 Å². The van der Waals surface area contributed by atoms with Crippen LogP contribution in [0.4, 0.5) is 0 Å². The van der Waals surface area contributed by atoms with Gasteiger partial charge in [0.05, 0.1) is 9.83 Å². The number of nitrogens with zero attached hydrogens (tertiary/aromatic N) is 1. The van der Waals surface area contributed by atoms with E-state index < -0.39 is 0 Å². The molecule has 0 saturated heterocycles. The van der Waals surface area contributed by atoms with E-state index in [0.717, 1.165) is 0 Å². The van der Waals surface area contributed by atoms with E-state index in [0.29, 0.717) is 0 Å². The summed E-state index contributed by atoms with van der Waals surface area (Å²) in [6.07, 6.45) is 3.79. The zero-order valence-corrected chi connectivity index (χ0v) is 13.8. The molecule has 2 aromatic heterocycles. The molecule has 1 unspecified atom stereocenters. The highest BCUT2D eigenvalue weighted by atomic mass is 79.9. The lowest BCUT2D eigenvalue weighted by atomic mass is 9.99. The Morgan fingerprint density at radius 2 is 2.15 bits per heavy atom. The maximum absolute atomic E-state index is 4.27. The van der Waals surface area contributed by atoms with E-state index >= 15 is 0 Å². The lowest BCUT2D eigenvalue weighted by molar-refractivity contribution is 0.708. The minimum absolute atomic E-state index is 0.192. The summed E-state index contributed by atoms with van der Waals surface area (Å²) in [6, 6.07) is 10.9. The van der Waals surface area contributed by atoms with Gasteiger partial charge in [-0.15, -0.1) is 11.3 Å². The van der Waals surface area contributed by atoms with Gasteiger partial charge in [0.1, 0.15) is 0 Å². The summed E-state index contributed by atoms with van der Waals surface area (Å²) in [5.41, 5.74) is 2.55. The van der Waals surface area contributed by atoms with Gasteiger partial charge >= 0.3 is 0 Å². The van der Waals surface area contributed by atoms with Gasteiger partial charge in [0, 0.05) is 22.7 Å². The van der Waals surface area contributed by atoms with Crippen LogP contribution in [-0.2, 0) is 0 Å². The number of benzene rings is 1. The zero-order chi connectivity index (χ0) is 14.1. The monoisotopic (exact) mass is 346 g/mol. The largest absolute Gasteiger partial charge is 0.309 e. The molecular formula is C16H15BrN2S. The molecule has 4 heteroatoms. The fraction of sp³-hybridized carbons (Fsp3) is 0.188. The fourth-order valence-electron chi connectivity index (χ4n) is 2.47. The van der Waals surface area contributed by atoms with E-state index in [4.69, 9.17) is 0 Å². The Morgan fingerprint density at radius 3 is 2.85 bits per heavy atom. The minimum atomic E-state index is 0.192. The smallest absolute Gasteiger partial charge is 0.0731 e. The lowest BCUT2D eigenvalue weighted by Crippen LogP contribution is -2.16. The van der Waals surface area contributed by atoms with Crippen molar-refractivity contribution in [2.24, 2.45) is 0 Å². The van der Waals surface area contributed by atoms with Gasteiger partial charge in [-0.25, -0.2) is 0 Å². The molecule has 1 N–H and O–H groups in total. The van der Waals surface area contributed by atoms with Gasteiger partial charge in [-0.3, -0.25) is 4.98 Å². The van der Waals surface area contributed by atoms with Crippen molar-refractivity contribution in [3.63, 3.8) is 0 Å². The van der Waals surface area contributed by atoms with E-state index in [-0.39, 0.29) is 6.04 Å². The predicted molar refractivity (Wildman–Crippen MR) is 89.4 cm³/mol. The summed E-state index contributed by atoms with van der Waals surface area (Å²) >= 11 is 5.40. The van der Waals surface area contributed by atoms with Crippen molar-refractivity contribution in [1.82, 2.24) is 10.3 Å². The van der Waals surface area contributed by atoms with Crippen molar-refractivity contribution in [2.75, 3.05) is 7.05 Å². The standard InChI is InChI=1S/C16H15BrN2S/c1-10-8-14(20-16(10)17)15(18-2)12-5-3-4-11-6-7-19-9-13(11)12/h3-9,15,18H,1-2H3. The second-order valence-corrected chi connectivity index (χ2v) is 7.17. The molecule has 1 atom stereocenters. The molecule has 3 aromatic rings. The van der Waals surface area contributed by atoms with Crippen LogP contribution in [0.25, 0.3) is 10.8 Å². The first kappa shape index (κ1) is 13.7. The predicted octanol–water partition coefficient (Wildman–Crippen LogP) is 4.68. The topological polar surface area (TPSA) is 24.9 Å². The van der Waals surface area contributed by atoms with Gasteiger partial charge in [0.15, 0.2) is 0 Å². The Hall–Kier alpha value is -1.23. The highest BCUT2D eigenvalue weighted by Crippen LogP contribution is 2.36. The van der Waals surface area contributed by atoms with Crippen molar-refractivity contribution in [2.45, 2.75) is 13.0 Å². The molecule has 0 amide bonds. The Bertz CT molecular complexity index is 726. The molecule has 0 aliphatic heterocycles. The third kappa shape index (κ3) is 2.39. The first-order valence-electron chi connectivity index (χ1n) is 6.46. The first-order valence-corrected chi connectivity index (χ1v) is 8.07. The average Bonchev–Trinajstić information content (AvgIpc) is 2.79. The average molecular weight is 347 g/mol. The number of thiophene rings is 1. The van der Waals surface area contributed by atoms with Crippen molar-refractivity contribution >= 4 is 38.0 Å². The molecule has 0 fully saturated rings. The molecule has 0 saturated carbocycles. The molecular weight excluding hydrogens is 332 g/mol. The van der Waals surface area contributed by atoms with Gasteiger partial charge in [-0.2, -0.15) is 0 Å². The molecule has 2 nitrogen and oxygen atoms in total. The van der Waals surface area contributed by atoms with E-state index in [1.165, 1.54) is 30.6 Å². The van der Waals surface area contributed by atoms with Crippen molar-refractivity contribution in [3.8, 4) is 0 Å². The Kier molecular flexibility index (Phi) is 3.87. The molecule has 3 rings (SSSR count). The van der Waals surface area contributed by atoms with Crippen molar-refractivity contribution in [1.29, 1.82) is 0 Å². The zero-order valence-electron chi connectivity index (χ0n) is 11.4. The van der Waals surface area contributed by atoms with Gasteiger partial charge in [0.25, 0.3) is 0 Å². The summed E-state index contributed by atoms with van der Waals surface area (Å²) < 4.78 is 1.20. The molecule has 1 aromatic carbocycles. The van der Waals surface area contributed by atoms with Crippen molar-refractivity contribution < 1.29 is 0 Å². The van der Waals surface area contributed by atoms with Crippen LogP contribution in [0.3, 0.4) is 0 Å². The Labute approximate surface area is 131 Å². The molecule has 102 valence electrons.